The number of rotatable bonds is 4. The summed E-state index contributed by atoms with van der Waals surface area (Å²) in [6.07, 6.45) is 1.62. The maximum absolute atomic E-state index is 10.5. The highest BCUT2D eigenvalue weighted by molar-refractivity contribution is 5.80. The minimum Gasteiger partial charge on any atom is -0.278 e. The molecule has 5 nitrogen and oxygen atoms in total. The number of hydrogen-bond donors (Lipinski definition) is 1. The summed E-state index contributed by atoms with van der Waals surface area (Å²) < 4.78 is 0. The number of nitrogens with zero attached hydrogens (tertiary/aromatic N) is 2. The van der Waals surface area contributed by atoms with E-state index in [9.17, 15) is 10.1 Å². The Morgan fingerprint density at radius 2 is 1.84 bits per heavy atom. The van der Waals surface area contributed by atoms with Gasteiger partial charge >= 0.3 is 0 Å². The Labute approximate surface area is 110 Å². The SMILES string of the molecule is Cc1ccccc1N/N=C\c1ccc([N+](=O)[O-])cc1. The van der Waals surface area contributed by atoms with Crippen LogP contribution in [0, 0.1) is 17.0 Å². The Morgan fingerprint density at radius 3 is 2.47 bits per heavy atom. The lowest BCUT2D eigenvalue weighted by molar-refractivity contribution is -0.384. The van der Waals surface area contributed by atoms with Crippen LogP contribution in [0.25, 0.3) is 0 Å². The van der Waals surface area contributed by atoms with Crippen LogP contribution in [-0.2, 0) is 0 Å². The molecule has 96 valence electrons. The highest BCUT2D eigenvalue weighted by Crippen LogP contribution is 2.13. The maximum atomic E-state index is 10.5. The predicted octanol–water partition coefficient (Wildman–Crippen LogP) is 3.35. The van der Waals surface area contributed by atoms with E-state index in [4.69, 9.17) is 0 Å². The number of nitrogens with one attached hydrogen (secondary N) is 1. The lowest BCUT2D eigenvalue weighted by atomic mass is 10.2. The fourth-order valence-corrected chi connectivity index (χ4v) is 1.56. The van der Waals surface area contributed by atoms with Gasteiger partial charge in [0.25, 0.3) is 5.69 Å². The fraction of sp³-hybridized carbons (Fsp3) is 0.0714. The van der Waals surface area contributed by atoms with E-state index in [1.807, 2.05) is 31.2 Å². The molecule has 0 aliphatic carbocycles. The first-order valence-electron chi connectivity index (χ1n) is 5.76. The van der Waals surface area contributed by atoms with E-state index in [0.29, 0.717) is 0 Å². The van der Waals surface area contributed by atoms with Gasteiger partial charge in [0.1, 0.15) is 0 Å². The van der Waals surface area contributed by atoms with Gasteiger partial charge in [-0.2, -0.15) is 5.10 Å². The van der Waals surface area contributed by atoms with Crippen LogP contribution in [0.5, 0.6) is 0 Å². The van der Waals surface area contributed by atoms with Gasteiger partial charge in [0.2, 0.25) is 0 Å². The van der Waals surface area contributed by atoms with E-state index < -0.39 is 4.92 Å². The minimum absolute atomic E-state index is 0.0732. The Hall–Kier alpha value is -2.69. The molecule has 0 heterocycles. The van der Waals surface area contributed by atoms with Crippen molar-refractivity contribution >= 4 is 17.6 Å². The second-order valence-electron chi connectivity index (χ2n) is 4.03. The molecule has 0 radical (unpaired) electrons. The Bertz CT molecular complexity index is 606. The van der Waals surface area contributed by atoms with Crippen molar-refractivity contribution in [3.05, 3.63) is 69.8 Å². The molecule has 19 heavy (non-hydrogen) atoms. The molecule has 0 aliphatic heterocycles. The first-order chi connectivity index (χ1) is 9.16. The molecule has 2 aromatic rings. The molecule has 0 amide bonds. The van der Waals surface area contributed by atoms with Crippen LogP contribution < -0.4 is 5.43 Å². The monoisotopic (exact) mass is 255 g/mol. The van der Waals surface area contributed by atoms with Gasteiger partial charge in [-0.1, -0.05) is 18.2 Å². The highest BCUT2D eigenvalue weighted by atomic mass is 16.6. The highest BCUT2D eigenvalue weighted by Gasteiger charge is 2.02. The van der Waals surface area contributed by atoms with Gasteiger partial charge in [0, 0.05) is 12.1 Å². The van der Waals surface area contributed by atoms with Crippen molar-refractivity contribution in [2.75, 3.05) is 5.43 Å². The molecule has 2 rings (SSSR count). The predicted molar refractivity (Wildman–Crippen MR) is 75.5 cm³/mol. The van der Waals surface area contributed by atoms with E-state index in [1.54, 1.807) is 18.3 Å². The zero-order chi connectivity index (χ0) is 13.7. The smallest absolute Gasteiger partial charge is 0.269 e. The topological polar surface area (TPSA) is 67.5 Å². The van der Waals surface area contributed by atoms with Crippen LogP contribution >= 0.6 is 0 Å². The molecule has 1 N–H and O–H groups in total. The summed E-state index contributed by atoms with van der Waals surface area (Å²) >= 11 is 0. The molecule has 0 aliphatic rings. The van der Waals surface area contributed by atoms with Crippen molar-refractivity contribution in [3.63, 3.8) is 0 Å². The van der Waals surface area contributed by atoms with E-state index in [1.165, 1.54) is 12.1 Å². The van der Waals surface area contributed by atoms with Crippen molar-refractivity contribution in [1.29, 1.82) is 0 Å². The van der Waals surface area contributed by atoms with Crippen LogP contribution in [0.4, 0.5) is 11.4 Å². The first-order valence-corrected chi connectivity index (χ1v) is 5.76. The number of nitro benzene ring substituents is 1. The lowest BCUT2D eigenvalue weighted by Gasteiger charge is -2.03. The number of para-hydroxylation sites is 1. The number of anilines is 1. The third kappa shape index (κ3) is 3.38. The van der Waals surface area contributed by atoms with Crippen molar-refractivity contribution < 1.29 is 4.92 Å². The average Bonchev–Trinajstić information content (AvgIpc) is 2.41. The molecule has 0 bridgehead atoms. The molecule has 2 aromatic carbocycles. The van der Waals surface area contributed by atoms with Crippen LogP contribution in [0.1, 0.15) is 11.1 Å². The normalized spacial score (nSPS) is 10.6. The summed E-state index contributed by atoms with van der Waals surface area (Å²) in [4.78, 5) is 10.1. The second kappa shape index (κ2) is 5.77. The van der Waals surface area contributed by atoms with Crippen LogP contribution in [0.3, 0.4) is 0 Å². The van der Waals surface area contributed by atoms with Crippen molar-refractivity contribution in [2.45, 2.75) is 6.92 Å². The van der Waals surface area contributed by atoms with Gasteiger partial charge in [0.05, 0.1) is 16.8 Å². The molecule has 0 unspecified atom stereocenters. The number of hydrogen-bond acceptors (Lipinski definition) is 4. The lowest BCUT2D eigenvalue weighted by Crippen LogP contribution is -1.93. The van der Waals surface area contributed by atoms with E-state index in [2.05, 4.69) is 10.5 Å². The molecule has 0 saturated carbocycles. The largest absolute Gasteiger partial charge is 0.278 e. The summed E-state index contributed by atoms with van der Waals surface area (Å²) in [5, 5.41) is 14.6. The van der Waals surface area contributed by atoms with Crippen LogP contribution in [0.15, 0.2) is 53.6 Å². The summed E-state index contributed by atoms with van der Waals surface area (Å²) in [5.41, 5.74) is 5.84. The molecule has 0 spiro atoms. The third-order valence-corrected chi connectivity index (χ3v) is 2.65. The zero-order valence-corrected chi connectivity index (χ0v) is 10.4. The number of nitro groups is 1. The van der Waals surface area contributed by atoms with Gasteiger partial charge in [-0.25, -0.2) is 0 Å². The van der Waals surface area contributed by atoms with E-state index in [0.717, 1.165) is 16.8 Å². The first kappa shape index (κ1) is 12.8. The number of non-ortho nitro benzene ring substituents is 1. The van der Waals surface area contributed by atoms with Gasteiger partial charge in [-0.3, -0.25) is 15.5 Å². The molecule has 0 saturated heterocycles. The van der Waals surface area contributed by atoms with E-state index in [-0.39, 0.29) is 5.69 Å². The fourth-order valence-electron chi connectivity index (χ4n) is 1.56. The van der Waals surface area contributed by atoms with Crippen LogP contribution in [-0.4, -0.2) is 11.1 Å². The van der Waals surface area contributed by atoms with Crippen molar-refractivity contribution in [1.82, 2.24) is 0 Å². The Balaban J connectivity index is 2.03. The quantitative estimate of drug-likeness (QED) is 0.517. The van der Waals surface area contributed by atoms with Gasteiger partial charge in [-0.05, 0) is 36.2 Å². The number of hydrazone groups is 1. The van der Waals surface area contributed by atoms with E-state index >= 15 is 0 Å². The molecular weight excluding hydrogens is 242 g/mol. The maximum Gasteiger partial charge on any atom is 0.269 e. The molecule has 0 aromatic heterocycles. The Morgan fingerprint density at radius 1 is 1.16 bits per heavy atom. The zero-order valence-electron chi connectivity index (χ0n) is 10.4. The summed E-state index contributed by atoms with van der Waals surface area (Å²) in [6.45, 7) is 1.99. The van der Waals surface area contributed by atoms with Gasteiger partial charge in [-0.15, -0.1) is 0 Å². The number of aryl methyl sites for hydroxylation is 1. The molecule has 0 atom stereocenters. The molecule has 0 fully saturated rings. The van der Waals surface area contributed by atoms with Gasteiger partial charge in [0.15, 0.2) is 0 Å². The second-order valence-corrected chi connectivity index (χ2v) is 4.03. The Kier molecular flexibility index (Phi) is 3.87. The van der Waals surface area contributed by atoms with Crippen molar-refractivity contribution in [3.8, 4) is 0 Å². The van der Waals surface area contributed by atoms with Crippen LogP contribution in [0.2, 0.25) is 0 Å². The minimum atomic E-state index is -0.424. The standard InChI is InChI=1S/C14H13N3O2/c1-11-4-2-3-5-14(11)16-15-10-12-6-8-13(9-7-12)17(18)19/h2-10,16H,1H3/b15-10-. The van der Waals surface area contributed by atoms with Gasteiger partial charge < -0.3 is 0 Å². The molecule has 5 heteroatoms. The molecular formula is C14H13N3O2. The summed E-state index contributed by atoms with van der Waals surface area (Å²) in [5.74, 6) is 0. The summed E-state index contributed by atoms with van der Waals surface area (Å²) in [7, 11) is 0. The number of benzene rings is 2. The third-order valence-electron chi connectivity index (χ3n) is 2.65. The summed E-state index contributed by atoms with van der Waals surface area (Å²) in [6, 6.07) is 14.0. The average molecular weight is 255 g/mol. The van der Waals surface area contributed by atoms with Crippen molar-refractivity contribution in [2.24, 2.45) is 5.10 Å².